The van der Waals surface area contributed by atoms with E-state index >= 15 is 0 Å². The number of fused-ring (bicyclic) bond motifs is 1. The third-order valence-corrected chi connectivity index (χ3v) is 3.54. The lowest BCUT2D eigenvalue weighted by Crippen LogP contribution is -2.15. The number of aromatic nitrogens is 2. The van der Waals surface area contributed by atoms with Crippen LogP contribution in [0.1, 0.15) is 27.3 Å². The van der Waals surface area contributed by atoms with Crippen molar-refractivity contribution < 1.29 is 4.79 Å². The number of pyridine rings is 2. The highest BCUT2D eigenvalue weighted by Crippen LogP contribution is 2.19. The number of amides is 1. The molecule has 0 atom stereocenters. The summed E-state index contributed by atoms with van der Waals surface area (Å²) in [6, 6.07) is 13.4. The first-order chi connectivity index (χ1) is 10.5. The molecule has 3 aromatic rings. The summed E-state index contributed by atoms with van der Waals surface area (Å²) in [5.41, 5.74) is 4.18. The van der Waals surface area contributed by atoms with Crippen molar-refractivity contribution in [1.29, 1.82) is 0 Å². The third-order valence-electron chi connectivity index (χ3n) is 3.54. The first-order valence-electron chi connectivity index (χ1n) is 7.16. The van der Waals surface area contributed by atoms with E-state index in [0.29, 0.717) is 17.1 Å². The largest absolute Gasteiger partial charge is 0.306 e. The number of nitrogens with one attached hydrogen (secondary N) is 1. The topological polar surface area (TPSA) is 54.9 Å². The van der Waals surface area contributed by atoms with Crippen LogP contribution >= 0.6 is 0 Å². The molecule has 1 amide bonds. The fourth-order valence-electron chi connectivity index (χ4n) is 2.42. The van der Waals surface area contributed by atoms with Crippen molar-refractivity contribution in [1.82, 2.24) is 9.97 Å². The highest BCUT2D eigenvalue weighted by Gasteiger charge is 2.12. The van der Waals surface area contributed by atoms with Gasteiger partial charge in [-0.15, -0.1) is 0 Å². The lowest BCUT2D eigenvalue weighted by molar-refractivity contribution is 0.102. The van der Waals surface area contributed by atoms with Crippen LogP contribution in [-0.4, -0.2) is 15.9 Å². The zero-order valence-electron chi connectivity index (χ0n) is 12.8. The van der Waals surface area contributed by atoms with Gasteiger partial charge in [0.2, 0.25) is 0 Å². The Balaban J connectivity index is 1.98. The normalized spacial score (nSPS) is 10.7. The fraction of sp³-hybridized carbons (Fsp3) is 0.167. The minimum atomic E-state index is -0.188. The quantitative estimate of drug-likeness (QED) is 0.781. The second-order valence-electron chi connectivity index (χ2n) is 5.44. The van der Waals surface area contributed by atoms with Crippen LogP contribution in [0, 0.1) is 20.8 Å². The zero-order chi connectivity index (χ0) is 15.7. The predicted molar refractivity (Wildman–Crippen MR) is 88.1 cm³/mol. The van der Waals surface area contributed by atoms with Crippen molar-refractivity contribution in [2.75, 3.05) is 5.32 Å². The summed E-state index contributed by atoms with van der Waals surface area (Å²) in [7, 11) is 0. The number of carbonyl (C=O) groups is 1. The van der Waals surface area contributed by atoms with Gasteiger partial charge in [0.25, 0.3) is 5.91 Å². The lowest BCUT2D eigenvalue weighted by Gasteiger charge is -2.09. The van der Waals surface area contributed by atoms with E-state index in [1.54, 1.807) is 6.07 Å². The van der Waals surface area contributed by atoms with Gasteiger partial charge in [0, 0.05) is 11.1 Å². The van der Waals surface area contributed by atoms with E-state index in [9.17, 15) is 4.79 Å². The maximum Gasteiger partial charge on any atom is 0.258 e. The average molecular weight is 291 g/mol. The van der Waals surface area contributed by atoms with Crippen molar-refractivity contribution >= 4 is 22.6 Å². The number of hydrogen-bond acceptors (Lipinski definition) is 3. The van der Waals surface area contributed by atoms with Crippen LogP contribution in [0.15, 0.2) is 42.5 Å². The van der Waals surface area contributed by atoms with Gasteiger partial charge in [0.05, 0.1) is 16.8 Å². The van der Waals surface area contributed by atoms with Gasteiger partial charge >= 0.3 is 0 Å². The predicted octanol–water partition coefficient (Wildman–Crippen LogP) is 3.81. The number of nitrogens with zero attached hydrogens (tertiary/aromatic N) is 2. The molecule has 22 heavy (non-hydrogen) atoms. The highest BCUT2D eigenvalue weighted by molar-refractivity contribution is 6.06. The molecule has 1 aromatic carbocycles. The van der Waals surface area contributed by atoms with Gasteiger partial charge in [-0.1, -0.05) is 17.7 Å². The van der Waals surface area contributed by atoms with Crippen molar-refractivity contribution in [3.8, 4) is 0 Å². The van der Waals surface area contributed by atoms with Gasteiger partial charge < -0.3 is 5.32 Å². The van der Waals surface area contributed by atoms with Crippen LogP contribution in [0.5, 0.6) is 0 Å². The molecule has 0 saturated heterocycles. The van der Waals surface area contributed by atoms with E-state index in [-0.39, 0.29) is 5.91 Å². The Morgan fingerprint density at radius 2 is 1.82 bits per heavy atom. The highest BCUT2D eigenvalue weighted by atomic mass is 16.1. The molecule has 110 valence electrons. The van der Waals surface area contributed by atoms with E-state index in [4.69, 9.17) is 0 Å². The van der Waals surface area contributed by atoms with Gasteiger partial charge in [0.15, 0.2) is 0 Å². The molecule has 2 heterocycles. The molecule has 0 radical (unpaired) electrons. The second kappa shape index (κ2) is 5.56. The van der Waals surface area contributed by atoms with E-state index in [0.717, 1.165) is 22.2 Å². The van der Waals surface area contributed by atoms with E-state index in [1.165, 1.54) is 0 Å². The summed E-state index contributed by atoms with van der Waals surface area (Å²) >= 11 is 0. The molecule has 0 bridgehead atoms. The molecule has 0 fully saturated rings. The van der Waals surface area contributed by atoms with E-state index < -0.39 is 0 Å². The molecule has 4 heteroatoms. The minimum Gasteiger partial charge on any atom is -0.306 e. The number of carbonyl (C=O) groups excluding carboxylic acids is 1. The number of aryl methyl sites for hydroxylation is 3. The van der Waals surface area contributed by atoms with E-state index in [2.05, 4.69) is 15.3 Å². The van der Waals surface area contributed by atoms with Crippen LogP contribution in [0.4, 0.5) is 5.82 Å². The average Bonchev–Trinajstić information content (AvgIpc) is 2.47. The summed E-state index contributed by atoms with van der Waals surface area (Å²) in [5.74, 6) is 0.361. The minimum absolute atomic E-state index is 0.188. The lowest BCUT2D eigenvalue weighted by atomic mass is 10.1. The standard InChI is InChI=1S/C18H17N3O/c1-11-7-8-16-14(9-11)10-15(13(3)20-16)18(22)21-17-6-4-5-12(2)19-17/h4-10H,1-3H3,(H,19,21,22). The van der Waals surface area contributed by atoms with Crippen LogP contribution in [-0.2, 0) is 0 Å². The molecule has 0 unspecified atom stereocenters. The Kier molecular flexibility index (Phi) is 3.59. The van der Waals surface area contributed by atoms with Gasteiger partial charge in [-0.2, -0.15) is 0 Å². The first kappa shape index (κ1) is 14.2. The molecule has 1 N–H and O–H groups in total. The van der Waals surface area contributed by atoms with Gasteiger partial charge in [-0.3, -0.25) is 9.78 Å². The summed E-state index contributed by atoms with van der Waals surface area (Å²) in [6.07, 6.45) is 0. The Hall–Kier alpha value is -2.75. The summed E-state index contributed by atoms with van der Waals surface area (Å²) < 4.78 is 0. The SMILES string of the molecule is Cc1ccc2nc(C)c(C(=O)Nc3cccc(C)n3)cc2c1. The summed E-state index contributed by atoms with van der Waals surface area (Å²) in [6.45, 7) is 5.76. The molecule has 3 rings (SSSR count). The Morgan fingerprint density at radius 1 is 1.00 bits per heavy atom. The molecule has 0 spiro atoms. The smallest absolute Gasteiger partial charge is 0.258 e. The number of rotatable bonds is 2. The number of anilines is 1. The van der Waals surface area contributed by atoms with Crippen molar-refractivity contribution in [3.05, 3.63) is 65.0 Å². The monoisotopic (exact) mass is 291 g/mol. The Labute approximate surface area is 129 Å². The summed E-state index contributed by atoms with van der Waals surface area (Å²) in [4.78, 5) is 21.3. The maximum atomic E-state index is 12.5. The van der Waals surface area contributed by atoms with Crippen LogP contribution in [0.25, 0.3) is 10.9 Å². The van der Waals surface area contributed by atoms with Crippen molar-refractivity contribution in [2.45, 2.75) is 20.8 Å². The van der Waals surface area contributed by atoms with Gasteiger partial charge in [0.1, 0.15) is 5.82 Å². The van der Waals surface area contributed by atoms with Crippen molar-refractivity contribution in [2.24, 2.45) is 0 Å². The number of benzene rings is 1. The summed E-state index contributed by atoms with van der Waals surface area (Å²) in [5, 5.41) is 3.79. The maximum absolute atomic E-state index is 12.5. The molecular weight excluding hydrogens is 274 g/mol. The van der Waals surface area contributed by atoms with Crippen LogP contribution < -0.4 is 5.32 Å². The Bertz CT molecular complexity index is 871. The molecule has 2 aromatic heterocycles. The third kappa shape index (κ3) is 2.81. The Morgan fingerprint density at radius 3 is 2.59 bits per heavy atom. The molecule has 0 aliphatic carbocycles. The van der Waals surface area contributed by atoms with E-state index in [1.807, 2.05) is 57.2 Å². The second-order valence-corrected chi connectivity index (χ2v) is 5.44. The zero-order valence-corrected chi connectivity index (χ0v) is 12.8. The van der Waals surface area contributed by atoms with Gasteiger partial charge in [-0.25, -0.2) is 4.98 Å². The fourth-order valence-corrected chi connectivity index (χ4v) is 2.42. The number of hydrogen-bond donors (Lipinski definition) is 1. The molecule has 0 aliphatic heterocycles. The van der Waals surface area contributed by atoms with Gasteiger partial charge in [-0.05, 0) is 51.1 Å². The van der Waals surface area contributed by atoms with Crippen molar-refractivity contribution in [3.63, 3.8) is 0 Å². The van der Waals surface area contributed by atoms with Crippen LogP contribution in [0.2, 0.25) is 0 Å². The molecular formula is C18H17N3O. The molecule has 0 saturated carbocycles. The molecule has 0 aliphatic rings. The first-order valence-corrected chi connectivity index (χ1v) is 7.16. The molecule has 4 nitrogen and oxygen atoms in total. The van der Waals surface area contributed by atoms with Crippen LogP contribution in [0.3, 0.4) is 0 Å².